The van der Waals surface area contributed by atoms with Gasteiger partial charge in [0.2, 0.25) is 0 Å². The van der Waals surface area contributed by atoms with Crippen LogP contribution in [0, 0.1) is 0 Å². The van der Waals surface area contributed by atoms with E-state index in [0.29, 0.717) is 5.82 Å². The van der Waals surface area contributed by atoms with Gasteiger partial charge in [-0.05, 0) is 0 Å². The highest BCUT2D eigenvalue weighted by atomic mass is 35.5. The highest BCUT2D eigenvalue weighted by Gasteiger charge is 2.11. The Labute approximate surface area is 106 Å². The molecule has 0 fully saturated rings. The van der Waals surface area contributed by atoms with Crippen LogP contribution >= 0.6 is 11.6 Å². The predicted octanol–water partition coefficient (Wildman–Crippen LogP) is 1.64. The summed E-state index contributed by atoms with van der Waals surface area (Å²) in [5.74, 6) is 0.419. The van der Waals surface area contributed by atoms with Crippen LogP contribution in [0.3, 0.4) is 0 Å². The topological polar surface area (TPSA) is 88.2 Å². The van der Waals surface area contributed by atoms with E-state index in [1.807, 2.05) is 5.48 Å². The molecule has 7 nitrogen and oxygen atoms in total. The van der Waals surface area contributed by atoms with E-state index in [1.165, 1.54) is 6.20 Å². The minimum absolute atomic E-state index is 0.130. The monoisotopic (exact) mass is 262 g/mol. The first-order chi connectivity index (χ1) is 8.79. The molecule has 0 bridgehead atoms. The van der Waals surface area contributed by atoms with Gasteiger partial charge in [-0.25, -0.2) is 14.5 Å². The molecule has 0 saturated carbocycles. The Bertz CT molecular complexity index is 712. The van der Waals surface area contributed by atoms with Crippen LogP contribution in [-0.4, -0.2) is 29.8 Å². The molecule has 0 aliphatic rings. The minimum Gasteiger partial charge on any atom is -0.291 e. The van der Waals surface area contributed by atoms with Crippen LogP contribution in [0.4, 0.5) is 5.69 Å². The molecular weight excluding hydrogens is 256 g/mol. The highest BCUT2D eigenvalue weighted by molar-refractivity contribution is 6.32. The number of hydrogen-bond acceptors (Lipinski definition) is 6. The fourth-order valence-corrected chi connectivity index (χ4v) is 1.74. The summed E-state index contributed by atoms with van der Waals surface area (Å²) in [6, 6.07) is 0. The Morgan fingerprint density at radius 2 is 2.17 bits per heavy atom. The maximum absolute atomic E-state index is 8.77. The van der Waals surface area contributed by atoms with Gasteiger partial charge in [0, 0.05) is 12.4 Å². The minimum atomic E-state index is 0.130. The van der Waals surface area contributed by atoms with Gasteiger partial charge in [-0.2, -0.15) is 5.10 Å². The van der Waals surface area contributed by atoms with E-state index in [0.717, 1.165) is 11.1 Å². The van der Waals surface area contributed by atoms with Crippen molar-refractivity contribution in [3.05, 3.63) is 36.1 Å². The normalized spacial score (nSPS) is 10.8. The van der Waals surface area contributed by atoms with Crippen molar-refractivity contribution in [2.75, 3.05) is 5.48 Å². The molecule has 3 aromatic heterocycles. The zero-order valence-electron chi connectivity index (χ0n) is 8.95. The number of aromatic nitrogens is 5. The van der Waals surface area contributed by atoms with Crippen LogP contribution in [0.2, 0.25) is 5.15 Å². The number of fused-ring (bicyclic) bond motifs is 1. The Balaban J connectivity index is 2.17. The van der Waals surface area contributed by atoms with Crippen molar-refractivity contribution in [3.8, 4) is 11.4 Å². The molecule has 0 aliphatic carbocycles. The Hall–Kier alpha value is -2.25. The molecule has 2 N–H and O–H groups in total. The van der Waals surface area contributed by atoms with Gasteiger partial charge in [0.25, 0.3) is 0 Å². The van der Waals surface area contributed by atoms with E-state index in [9.17, 15) is 0 Å². The summed E-state index contributed by atoms with van der Waals surface area (Å²) >= 11 is 5.88. The lowest BCUT2D eigenvalue weighted by Gasteiger charge is -2.02. The summed E-state index contributed by atoms with van der Waals surface area (Å²) in [5, 5.41) is 13.1. The van der Waals surface area contributed by atoms with Gasteiger partial charge in [-0.3, -0.25) is 15.7 Å². The highest BCUT2D eigenvalue weighted by Crippen LogP contribution is 2.24. The first-order valence-electron chi connectivity index (χ1n) is 5.00. The van der Waals surface area contributed by atoms with Gasteiger partial charge in [-0.1, -0.05) is 11.6 Å². The van der Waals surface area contributed by atoms with Crippen molar-refractivity contribution in [3.63, 3.8) is 0 Å². The van der Waals surface area contributed by atoms with Crippen LogP contribution in [0.25, 0.3) is 16.9 Å². The zero-order valence-corrected chi connectivity index (χ0v) is 9.70. The second-order valence-corrected chi connectivity index (χ2v) is 3.83. The van der Waals surface area contributed by atoms with Gasteiger partial charge in [0.05, 0.1) is 29.7 Å². The zero-order chi connectivity index (χ0) is 12.5. The van der Waals surface area contributed by atoms with Crippen LogP contribution in [-0.2, 0) is 0 Å². The lowest BCUT2D eigenvalue weighted by molar-refractivity contribution is 0.388. The largest absolute Gasteiger partial charge is 0.291 e. The van der Waals surface area contributed by atoms with Gasteiger partial charge in [0.1, 0.15) is 5.69 Å². The molecule has 0 unspecified atom stereocenters. The molecule has 0 radical (unpaired) electrons. The third kappa shape index (κ3) is 1.66. The van der Waals surface area contributed by atoms with Crippen molar-refractivity contribution in [1.29, 1.82) is 0 Å². The average molecular weight is 263 g/mol. The Kier molecular flexibility index (Phi) is 2.54. The molecule has 3 aromatic rings. The molecule has 0 spiro atoms. The summed E-state index contributed by atoms with van der Waals surface area (Å²) in [5.41, 5.74) is 3.65. The third-order valence-electron chi connectivity index (χ3n) is 2.43. The molecule has 18 heavy (non-hydrogen) atoms. The molecule has 90 valence electrons. The van der Waals surface area contributed by atoms with Crippen LogP contribution in [0.15, 0.2) is 31.0 Å². The lowest BCUT2D eigenvalue weighted by atomic mass is 10.3. The second-order valence-electron chi connectivity index (χ2n) is 3.47. The van der Waals surface area contributed by atoms with Crippen molar-refractivity contribution >= 4 is 22.8 Å². The molecule has 0 aliphatic heterocycles. The SMILES string of the molecule is ONc1cnc(-c2cnn3ccncc23)nc1Cl. The molecule has 0 atom stereocenters. The van der Waals surface area contributed by atoms with E-state index in [4.69, 9.17) is 16.8 Å². The number of anilines is 1. The van der Waals surface area contributed by atoms with Gasteiger partial charge >= 0.3 is 0 Å². The van der Waals surface area contributed by atoms with Gasteiger partial charge < -0.3 is 0 Å². The van der Waals surface area contributed by atoms with E-state index in [-0.39, 0.29) is 10.8 Å². The quantitative estimate of drug-likeness (QED) is 0.539. The van der Waals surface area contributed by atoms with Gasteiger partial charge in [-0.15, -0.1) is 0 Å². The molecule has 0 aromatic carbocycles. The average Bonchev–Trinajstić information content (AvgIpc) is 2.82. The molecular formula is C10H7ClN6O. The fraction of sp³-hybridized carbons (Fsp3) is 0. The first-order valence-corrected chi connectivity index (χ1v) is 5.38. The number of nitrogens with one attached hydrogen (secondary N) is 1. The molecule has 0 saturated heterocycles. The number of hydrogen-bond donors (Lipinski definition) is 2. The van der Waals surface area contributed by atoms with Crippen LogP contribution in [0.5, 0.6) is 0 Å². The summed E-state index contributed by atoms with van der Waals surface area (Å²) in [7, 11) is 0. The maximum Gasteiger partial charge on any atom is 0.164 e. The fourth-order valence-electron chi connectivity index (χ4n) is 1.57. The van der Waals surface area contributed by atoms with E-state index in [1.54, 1.807) is 29.3 Å². The molecule has 0 amide bonds. The second kappa shape index (κ2) is 4.21. The first kappa shape index (κ1) is 10.9. The van der Waals surface area contributed by atoms with E-state index < -0.39 is 0 Å². The molecule has 3 rings (SSSR count). The number of rotatable bonds is 2. The van der Waals surface area contributed by atoms with Crippen LogP contribution < -0.4 is 5.48 Å². The summed E-state index contributed by atoms with van der Waals surface area (Å²) in [4.78, 5) is 12.2. The van der Waals surface area contributed by atoms with Crippen LogP contribution in [0.1, 0.15) is 0 Å². The Morgan fingerprint density at radius 1 is 1.28 bits per heavy atom. The summed E-state index contributed by atoms with van der Waals surface area (Å²) in [6.45, 7) is 0. The van der Waals surface area contributed by atoms with Crippen molar-refractivity contribution < 1.29 is 5.21 Å². The number of halogens is 1. The van der Waals surface area contributed by atoms with E-state index in [2.05, 4.69) is 20.1 Å². The van der Waals surface area contributed by atoms with Crippen molar-refractivity contribution in [1.82, 2.24) is 24.6 Å². The third-order valence-corrected chi connectivity index (χ3v) is 2.72. The summed E-state index contributed by atoms with van der Waals surface area (Å²) < 4.78 is 1.66. The number of nitrogens with zero attached hydrogens (tertiary/aromatic N) is 5. The standard InChI is InChI=1S/C10H7ClN6O/c11-9-7(16-18)4-13-10(15-9)6-3-14-17-2-1-12-5-8(6)17/h1-5,16,18H. The maximum atomic E-state index is 8.77. The Morgan fingerprint density at radius 3 is 2.94 bits per heavy atom. The summed E-state index contributed by atoms with van der Waals surface area (Å²) in [6.07, 6.45) is 8.05. The van der Waals surface area contributed by atoms with Crippen molar-refractivity contribution in [2.24, 2.45) is 0 Å². The smallest absolute Gasteiger partial charge is 0.164 e. The molecule has 3 heterocycles. The predicted molar refractivity (Wildman–Crippen MR) is 64.4 cm³/mol. The lowest BCUT2D eigenvalue weighted by Crippen LogP contribution is -1.96. The molecule has 8 heteroatoms. The van der Waals surface area contributed by atoms with Gasteiger partial charge in [0.15, 0.2) is 11.0 Å². The van der Waals surface area contributed by atoms with Crippen molar-refractivity contribution in [2.45, 2.75) is 0 Å². The van der Waals surface area contributed by atoms with E-state index >= 15 is 0 Å².